The Morgan fingerprint density at radius 2 is 2.24 bits per heavy atom. The molecule has 0 aromatic heterocycles. The van der Waals surface area contributed by atoms with Crippen molar-refractivity contribution >= 4 is 11.6 Å². The van der Waals surface area contributed by atoms with Crippen LogP contribution in [0.4, 0.5) is 5.69 Å². The van der Waals surface area contributed by atoms with Crippen molar-refractivity contribution in [2.75, 3.05) is 11.4 Å². The molecule has 0 aliphatic carbocycles. The van der Waals surface area contributed by atoms with E-state index >= 15 is 0 Å². The zero-order chi connectivity index (χ0) is 12.4. The number of amides is 1. The standard InChI is InChI=1S/C13H18N2O2/c1-9(13(14)17)15-8-4-7-12(16)10-5-2-3-6-11(10)15/h2-3,5-6,9,12,16H,4,7-8H2,1H3,(H2,14,17). The molecule has 0 fully saturated rings. The van der Waals surface area contributed by atoms with Crippen molar-refractivity contribution in [3.63, 3.8) is 0 Å². The Morgan fingerprint density at radius 1 is 1.53 bits per heavy atom. The minimum atomic E-state index is -0.448. The first-order chi connectivity index (χ1) is 8.11. The van der Waals surface area contributed by atoms with Crippen LogP contribution in [0.2, 0.25) is 0 Å². The smallest absolute Gasteiger partial charge is 0.239 e. The average molecular weight is 234 g/mol. The summed E-state index contributed by atoms with van der Waals surface area (Å²) >= 11 is 0. The van der Waals surface area contributed by atoms with Crippen LogP contribution in [0.15, 0.2) is 24.3 Å². The Labute approximate surface area is 101 Å². The second-order valence-electron chi connectivity index (χ2n) is 4.49. The number of nitrogens with two attached hydrogens (primary N) is 1. The van der Waals surface area contributed by atoms with E-state index in [-0.39, 0.29) is 11.9 Å². The second kappa shape index (κ2) is 4.75. The van der Waals surface area contributed by atoms with Gasteiger partial charge in [0.25, 0.3) is 0 Å². The van der Waals surface area contributed by atoms with Gasteiger partial charge in [0.05, 0.1) is 6.10 Å². The molecule has 0 saturated carbocycles. The summed E-state index contributed by atoms with van der Waals surface area (Å²) in [5.41, 5.74) is 7.17. The molecule has 1 aromatic carbocycles. The minimum Gasteiger partial charge on any atom is -0.388 e. The number of hydrogen-bond acceptors (Lipinski definition) is 3. The number of anilines is 1. The van der Waals surface area contributed by atoms with Gasteiger partial charge in [0.15, 0.2) is 0 Å². The molecule has 1 aliphatic rings. The molecule has 0 saturated heterocycles. The van der Waals surface area contributed by atoms with Crippen molar-refractivity contribution in [2.45, 2.75) is 31.9 Å². The van der Waals surface area contributed by atoms with Gasteiger partial charge in [-0.25, -0.2) is 0 Å². The van der Waals surface area contributed by atoms with Gasteiger partial charge in [-0.05, 0) is 25.8 Å². The fourth-order valence-corrected chi connectivity index (χ4v) is 2.32. The number of carbonyl (C=O) groups is 1. The zero-order valence-electron chi connectivity index (χ0n) is 9.97. The van der Waals surface area contributed by atoms with Crippen LogP contribution in [0.25, 0.3) is 0 Å². The van der Waals surface area contributed by atoms with Crippen LogP contribution < -0.4 is 10.6 Å². The summed E-state index contributed by atoms with van der Waals surface area (Å²) in [5, 5.41) is 10.0. The van der Waals surface area contributed by atoms with Crippen molar-refractivity contribution in [3.8, 4) is 0 Å². The summed E-state index contributed by atoms with van der Waals surface area (Å²) in [7, 11) is 0. The summed E-state index contributed by atoms with van der Waals surface area (Å²) in [5.74, 6) is -0.337. The van der Waals surface area contributed by atoms with Gasteiger partial charge >= 0.3 is 0 Å². The van der Waals surface area contributed by atoms with Gasteiger partial charge in [0.2, 0.25) is 5.91 Å². The number of aliphatic hydroxyl groups excluding tert-OH is 1. The van der Waals surface area contributed by atoms with E-state index < -0.39 is 6.10 Å². The van der Waals surface area contributed by atoms with Gasteiger partial charge in [-0.2, -0.15) is 0 Å². The number of fused-ring (bicyclic) bond motifs is 1. The topological polar surface area (TPSA) is 66.6 Å². The van der Waals surface area contributed by atoms with Crippen LogP contribution in [0, 0.1) is 0 Å². The molecule has 0 bridgehead atoms. The first-order valence-electron chi connectivity index (χ1n) is 5.94. The fourth-order valence-electron chi connectivity index (χ4n) is 2.32. The normalized spacial score (nSPS) is 21.5. The van der Waals surface area contributed by atoms with E-state index in [0.717, 1.165) is 30.6 Å². The average Bonchev–Trinajstić information content (AvgIpc) is 2.49. The number of para-hydroxylation sites is 1. The molecule has 3 N–H and O–H groups in total. The zero-order valence-corrected chi connectivity index (χ0v) is 9.97. The second-order valence-corrected chi connectivity index (χ2v) is 4.49. The Bertz CT molecular complexity index is 420. The van der Waals surface area contributed by atoms with Crippen LogP contribution in [-0.2, 0) is 4.79 Å². The Morgan fingerprint density at radius 3 is 2.94 bits per heavy atom. The van der Waals surface area contributed by atoms with Gasteiger partial charge < -0.3 is 15.7 Å². The Hall–Kier alpha value is -1.55. The molecule has 1 amide bonds. The lowest BCUT2D eigenvalue weighted by Gasteiger charge is -2.29. The quantitative estimate of drug-likeness (QED) is 0.808. The Balaban J connectivity index is 2.41. The SMILES string of the molecule is CC(C(N)=O)N1CCCC(O)c2ccccc21. The lowest BCUT2D eigenvalue weighted by molar-refractivity contribution is -0.118. The van der Waals surface area contributed by atoms with Gasteiger partial charge in [-0.15, -0.1) is 0 Å². The molecule has 0 spiro atoms. The monoisotopic (exact) mass is 234 g/mol. The molecule has 1 aromatic rings. The number of aliphatic hydroxyl groups is 1. The lowest BCUT2D eigenvalue weighted by Crippen LogP contribution is -2.43. The molecule has 4 nitrogen and oxygen atoms in total. The molecule has 92 valence electrons. The molecule has 0 radical (unpaired) electrons. The maximum absolute atomic E-state index is 11.3. The van der Waals surface area contributed by atoms with E-state index in [0.29, 0.717) is 0 Å². The predicted molar refractivity (Wildman–Crippen MR) is 66.6 cm³/mol. The van der Waals surface area contributed by atoms with E-state index in [1.54, 1.807) is 6.92 Å². The van der Waals surface area contributed by atoms with E-state index in [1.807, 2.05) is 29.2 Å². The van der Waals surface area contributed by atoms with E-state index in [4.69, 9.17) is 5.73 Å². The number of benzene rings is 1. The van der Waals surface area contributed by atoms with Crippen LogP contribution in [0.1, 0.15) is 31.4 Å². The predicted octanol–water partition coefficient (Wildman–Crippen LogP) is 1.19. The molecule has 4 heteroatoms. The van der Waals surface area contributed by atoms with Crippen LogP contribution >= 0.6 is 0 Å². The lowest BCUT2D eigenvalue weighted by atomic mass is 10.0. The van der Waals surface area contributed by atoms with Gasteiger partial charge in [-0.1, -0.05) is 18.2 Å². The summed E-state index contributed by atoms with van der Waals surface area (Å²) in [6, 6.07) is 7.31. The molecule has 1 heterocycles. The van der Waals surface area contributed by atoms with Crippen molar-refractivity contribution in [3.05, 3.63) is 29.8 Å². The van der Waals surface area contributed by atoms with Crippen LogP contribution in [0.3, 0.4) is 0 Å². The number of carbonyl (C=O) groups excluding carboxylic acids is 1. The third-order valence-electron chi connectivity index (χ3n) is 3.36. The molecule has 2 rings (SSSR count). The largest absolute Gasteiger partial charge is 0.388 e. The van der Waals surface area contributed by atoms with Gasteiger partial charge in [0.1, 0.15) is 6.04 Å². The highest BCUT2D eigenvalue weighted by Crippen LogP contribution is 2.33. The van der Waals surface area contributed by atoms with E-state index in [9.17, 15) is 9.90 Å². The van der Waals surface area contributed by atoms with Crippen LogP contribution in [0.5, 0.6) is 0 Å². The van der Waals surface area contributed by atoms with Crippen molar-refractivity contribution in [1.29, 1.82) is 0 Å². The fraction of sp³-hybridized carbons (Fsp3) is 0.462. The van der Waals surface area contributed by atoms with E-state index in [1.165, 1.54) is 0 Å². The molecule has 1 aliphatic heterocycles. The highest BCUT2D eigenvalue weighted by Gasteiger charge is 2.26. The third-order valence-corrected chi connectivity index (χ3v) is 3.36. The summed E-state index contributed by atoms with van der Waals surface area (Å²) in [4.78, 5) is 13.3. The number of nitrogens with zero attached hydrogens (tertiary/aromatic N) is 1. The van der Waals surface area contributed by atoms with Crippen LogP contribution in [-0.4, -0.2) is 23.6 Å². The molecular formula is C13H18N2O2. The highest BCUT2D eigenvalue weighted by atomic mass is 16.3. The van der Waals surface area contributed by atoms with Crippen molar-refractivity contribution in [1.82, 2.24) is 0 Å². The third kappa shape index (κ3) is 2.26. The number of hydrogen-bond donors (Lipinski definition) is 2. The molecule has 17 heavy (non-hydrogen) atoms. The molecule has 2 unspecified atom stereocenters. The van der Waals surface area contributed by atoms with Gasteiger partial charge in [0, 0.05) is 17.8 Å². The summed E-state index contributed by atoms with van der Waals surface area (Å²) < 4.78 is 0. The first kappa shape index (κ1) is 11.9. The maximum Gasteiger partial charge on any atom is 0.239 e. The molecule has 2 atom stereocenters. The first-order valence-corrected chi connectivity index (χ1v) is 5.94. The maximum atomic E-state index is 11.3. The summed E-state index contributed by atoms with van der Waals surface area (Å²) in [6.07, 6.45) is 1.13. The number of rotatable bonds is 2. The van der Waals surface area contributed by atoms with E-state index in [2.05, 4.69) is 0 Å². The van der Waals surface area contributed by atoms with Gasteiger partial charge in [-0.3, -0.25) is 4.79 Å². The highest BCUT2D eigenvalue weighted by molar-refractivity contribution is 5.83. The van der Waals surface area contributed by atoms with Crippen molar-refractivity contribution < 1.29 is 9.90 Å². The summed E-state index contributed by atoms with van der Waals surface area (Å²) in [6.45, 7) is 2.55. The minimum absolute atomic E-state index is 0.337. The Kier molecular flexibility index (Phi) is 3.33. The van der Waals surface area contributed by atoms with Crippen molar-refractivity contribution in [2.24, 2.45) is 5.73 Å². The number of primary amides is 1. The molecular weight excluding hydrogens is 216 g/mol.